The Kier molecular flexibility index (Phi) is 4.78. The molecule has 4 heterocycles. The molecule has 8 nitrogen and oxygen atoms in total. The number of aryl methyl sites for hydroxylation is 2. The summed E-state index contributed by atoms with van der Waals surface area (Å²) >= 11 is 0. The van der Waals surface area contributed by atoms with Crippen molar-refractivity contribution in [2.75, 3.05) is 25.1 Å². The van der Waals surface area contributed by atoms with Crippen molar-refractivity contribution in [2.24, 2.45) is 0 Å². The number of hydrogen-bond acceptors (Lipinski definition) is 7. The average Bonchev–Trinajstić information content (AvgIpc) is 3.20. The molecule has 2 aliphatic heterocycles. The minimum absolute atomic E-state index is 0.0935. The van der Waals surface area contributed by atoms with Crippen molar-refractivity contribution in [1.29, 1.82) is 5.26 Å². The Bertz CT molecular complexity index is 1040. The normalized spacial score (nSPS) is 23.1. The van der Waals surface area contributed by atoms with Crippen LogP contribution in [0.15, 0.2) is 16.9 Å². The fraction of sp³-hybridized carbons (Fsp3) is 0.524. The second kappa shape index (κ2) is 7.58. The maximum absolute atomic E-state index is 12.7. The third-order valence-electron chi connectivity index (χ3n) is 5.97. The summed E-state index contributed by atoms with van der Waals surface area (Å²) in [6, 6.07) is 5.38. The molecule has 150 valence electrons. The van der Waals surface area contributed by atoms with E-state index in [4.69, 9.17) is 14.5 Å². The van der Waals surface area contributed by atoms with E-state index in [-0.39, 0.29) is 17.6 Å². The summed E-state index contributed by atoms with van der Waals surface area (Å²) < 4.78 is 12.7. The maximum atomic E-state index is 12.7. The molecule has 2 atom stereocenters. The molecule has 0 bridgehead atoms. The maximum Gasteiger partial charge on any atom is 0.267 e. The van der Waals surface area contributed by atoms with E-state index in [1.165, 1.54) is 0 Å². The SMILES string of the molecule is N#Cc1cc2c(nc1NC1COCC1n1nc3c(cc1=O)CCCC3)CCOC2. The lowest BCUT2D eigenvalue weighted by atomic mass is 9.97. The van der Waals surface area contributed by atoms with E-state index in [0.29, 0.717) is 37.8 Å². The molecule has 0 radical (unpaired) electrons. The van der Waals surface area contributed by atoms with E-state index in [2.05, 4.69) is 16.5 Å². The average molecular weight is 393 g/mol. The van der Waals surface area contributed by atoms with Crippen LogP contribution in [0.25, 0.3) is 0 Å². The Morgan fingerprint density at radius 1 is 1.10 bits per heavy atom. The predicted molar refractivity (Wildman–Crippen MR) is 105 cm³/mol. The van der Waals surface area contributed by atoms with Crippen LogP contribution in [0.1, 0.15) is 47.0 Å². The summed E-state index contributed by atoms with van der Waals surface area (Å²) in [5, 5.41) is 17.6. The highest BCUT2D eigenvalue weighted by molar-refractivity contribution is 5.55. The molecule has 5 rings (SSSR count). The standard InChI is InChI=1S/C21H23N5O3/c22-9-14-7-15-10-28-6-5-16(15)23-21(14)24-18-11-29-12-19(18)26-20(27)8-13-3-1-2-4-17(13)25-26/h7-8,18-19H,1-6,10-12H2,(H,23,24). The van der Waals surface area contributed by atoms with E-state index in [1.54, 1.807) is 10.7 Å². The minimum atomic E-state index is -0.234. The smallest absolute Gasteiger partial charge is 0.267 e. The number of nitrogens with one attached hydrogen (secondary N) is 1. The predicted octanol–water partition coefficient (Wildman–Crippen LogP) is 1.51. The highest BCUT2D eigenvalue weighted by Gasteiger charge is 2.33. The number of hydrogen-bond donors (Lipinski definition) is 1. The zero-order valence-electron chi connectivity index (χ0n) is 16.2. The number of anilines is 1. The van der Waals surface area contributed by atoms with E-state index in [9.17, 15) is 10.1 Å². The van der Waals surface area contributed by atoms with Crippen molar-refractivity contribution in [3.63, 3.8) is 0 Å². The van der Waals surface area contributed by atoms with Crippen LogP contribution >= 0.6 is 0 Å². The molecule has 2 aromatic heterocycles. The Hall–Kier alpha value is -2.76. The van der Waals surface area contributed by atoms with Crippen LogP contribution in [0.2, 0.25) is 0 Å². The molecule has 2 aromatic rings. The van der Waals surface area contributed by atoms with Gasteiger partial charge >= 0.3 is 0 Å². The molecular formula is C21H23N5O3. The van der Waals surface area contributed by atoms with Crippen LogP contribution in [0.5, 0.6) is 0 Å². The van der Waals surface area contributed by atoms with Crippen LogP contribution in [0, 0.1) is 11.3 Å². The molecule has 3 aliphatic rings. The van der Waals surface area contributed by atoms with Gasteiger partial charge in [-0.05, 0) is 37.3 Å². The molecule has 2 unspecified atom stereocenters. The first-order valence-electron chi connectivity index (χ1n) is 10.2. The Labute approximate surface area is 168 Å². The van der Waals surface area contributed by atoms with Crippen LogP contribution in [-0.4, -0.2) is 40.6 Å². The lowest BCUT2D eigenvalue weighted by molar-refractivity contribution is 0.109. The van der Waals surface area contributed by atoms with Gasteiger partial charge in [0.25, 0.3) is 5.56 Å². The summed E-state index contributed by atoms with van der Waals surface area (Å²) in [5.74, 6) is 0.541. The number of ether oxygens (including phenoxy) is 2. The van der Waals surface area contributed by atoms with Gasteiger partial charge in [0.15, 0.2) is 0 Å². The molecule has 8 heteroatoms. The first kappa shape index (κ1) is 18.3. The number of pyridine rings is 1. The highest BCUT2D eigenvalue weighted by Crippen LogP contribution is 2.27. The molecule has 0 aromatic carbocycles. The van der Waals surface area contributed by atoms with Crippen LogP contribution in [0.4, 0.5) is 5.82 Å². The van der Waals surface area contributed by atoms with Gasteiger partial charge in [0.05, 0.1) is 49.4 Å². The van der Waals surface area contributed by atoms with Crippen LogP contribution < -0.4 is 10.9 Å². The number of nitrogens with zero attached hydrogens (tertiary/aromatic N) is 4. The quantitative estimate of drug-likeness (QED) is 0.843. The Morgan fingerprint density at radius 2 is 2.00 bits per heavy atom. The minimum Gasteiger partial charge on any atom is -0.377 e. The Morgan fingerprint density at radius 3 is 2.90 bits per heavy atom. The molecule has 0 spiro atoms. The largest absolute Gasteiger partial charge is 0.377 e. The molecule has 0 saturated carbocycles. The Balaban J connectivity index is 1.45. The molecule has 1 fully saturated rings. The molecule has 29 heavy (non-hydrogen) atoms. The highest BCUT2D eigenvalue weighted by atomic mass is 16.5. The summed E-state index contributed by atoms with van der Waals surface area (Å²) in [7, 11) is 0. The van der Waals surface area contributed by atoms with Crippen molar-refractivity contribution in [2.45, 2.75) is 50.8 Å². The number of aromatic nitrogens is 3. The van der Waals surface area contributed by atoms with E-state index in [1.807, 2.05) is 6.07 Å². The zero-order valence-corrected chi connectivity index (χ0v) is 16.2. The third-order valence-corrected chi connectivity index (χ3v) is 5.97. The van der Waals surface area contributed by atoms with Gasteiger partial charge in [-0.15, -0.1) is 0 Å². The number of nitriles is 1. The first-order valence-corrected chi connectivity index (χ1v) is 10.2. The van der Waals surface area contributed by atoms with E-state index in [0.717, 1.165) is 54.6 Å². The number of rotatable bonds is 3. The topological polar surface area (TPSA) is 102 Å². The molecule has 1 N–H and O–H groups in total. The van der Waals surface area contributed by atoms with Gasteiger partial charge in [-0.25, -0.2) is 9.67 Å². The summed E-state index contributed by atoms with van der Waals surface area (Å²) in [4.78, 5) is 17.4. The van der Waals surface area contributed by atoms with Crippen molar-refractivity contribution in [1.82, 2.24) is 14.8 Å². The lowest BCUT2D eigenvalue weighted by Gasteiger charge is -2.24. The van der Waals surface area contributed by atoms with Crippen LogP contribution in [-0.2, 0) is 35.3 Å². The van der Waals surface area contributed by atoms with Gasteiger partial charge in [-0.1, -0.05) is 0 Å². The van der Waals surface area contributed by atoms with Gasteiger partial charge in [-0.3, -0.25) is 4.79 Å². The molecule has 1 aliphatic carbocycles. The lowest BCUT2D eigenvalue weighted by Crippen LogP contribution is -2.38. The monoisotopic (exact) mass is 393 g/mol. The summed E-state index contributed by atoms with van der Waals surface area (Å²) in [6.07, 6.45) is 4.78. The second-order valence-corrected chi connectivity index (χ2v) is 7.87. The summed E-state index contributed by atoms with van der Waals surface area (Å²) in [5.41, 5.74) is 4.40. The second-order valence-electron chi connectivity index (χ2n) is 7.87. The van der Waals surface area contributed by atoms with Gasteiger partial charge in [0.2, 0.25) is 0 Å². The van der Waals surface area contributed by atoms with Gasteiger partial charge in [0.1, 0.15) is 17.9 Å². The van der Waals surface area contributed by atoms with E-state index >= 15 is 0 Å². The van der Waals surface area contributed by atoms with Gasteiger partial charge in [0, 0.05) is 18.1 Å². The van der Waals surface area contributed by atoms with Crippen molar-refractivity contribution >= 4 is 5.82 Å². The van der Waals surface area contributed by atoms with Crippen LogP contribution in [0.3, 0.4) is 0 Å². The van der Waals surface area contributed by atoms with E-state index < -0.39 is 0 Å². The summed E-state index contributed by atoms with van der Waals surface area (Å²) in [6.45, 7) is 1.96. The third kappa shape index (κ3) is 3.41. The molecule has 1 saturated heterocycles. The fourth-order valence-corrected chi connectivity index (χ4v) is 4.39. The van der Waals surface area contributed by atoms with Crippen molar-refractivity contribution in [3.05, 3.63) is 50.6 Å². The molecular weight excluding hydrogens is 370 g/mol. The van der Waals surface area contributed by atoms with Crippen molar-refractivity contribution < 1.29 is 9.47 Å². The number of fused-ring (bicyclic) bond motifs is 2. The zero-order chi connectivity index (χ0) is 19.8. The van der Waals surface area contributed by atoms with Gasteiger partial charge < -0.3 is 14.8 Å². The first-order chi connectivity index (χ1) is 14.2. The molecule has 0 amide bonds. The van der Waals surface area contributed by atoms with Gasteiger partial charge in [-0.2, -0.15) is 10.4 Å². The fourth-order valence-electron chi connectivity index (χ4n) is 4.39. The van der Waals surface area contributed by atoms with Crippen molar-refractivity contribution in [3.8, 4) is 6.07 Å².